The first-order valence-corrected chi connectivity index (χ1v) is 4.51. The molecule has 0 aromatic heterocycles. The molecule has 14 heavy (non-hydrogen) atoms. The summed E-state index contributed by atoms with van der Waals surface area (Å²) in [5.41, 5.74) is 4.87. The van der Waals surface area contributed by atoms with Gasteiger partial charge in [0.1, 0.15) is 5.75 Å². The van der Waals surface area contributed by atoms with E-state index in [-0.39, 0.29) is 4.47 Å². The zero-order valence-corrected chi connectivity index (χ0v) is 8.55. The van der Waals surface area contributed by atoms with Gasteiger partial charge in [0, 0.05) is 0 Å². The van der Waals surface area contributed by atoms with Crippen LogP contribution >= 0.6 is 15.9 Å². The van der Waals surface area contributed by atoms with Gasteiger partial charge in [-0.15, -0.1) is 0 Å². The van der Waals surface area contributed by atoms with Crippen LogP contribution in [-0.4, -0.2) is 16.8 Å². The first-order valence-electron chi connectivity index (χ1n) is 3.71. The zero-order chi connectivity index (χ0) is 10.9. The molecular formula is C8H8BrF2NO2. The van der Waals surface area contributed by atoms with Crippen molar-refractivity contribution in [2.45, 2.75) is 6.04 Å². The Morgan fingerprint density at radius 3 is 2.57 bits per heavy atom. The van der Waals surface area contributed by atoms with Gasteiger partial charge >= 0.3 is 0 Å². The minimum absolute atomic E-state index is 0.00435. The Hall–Kier alpha value is -0.720. The first-order chi connectivity index (χ1) is 6.49. The molecule has 0 radical (unpaired) electrons. The van der Waals surface area contributed by atoms with Crippen molar-refractivity contribution in [3.8, 4) is 5.75 Å². The lowest BCUT2D eigenvalue weighted by atomic mass is 10.1. The lowest BCUT2D eigenvalue weighted by molar-refractivity contribution is 0.261. The van der Waals surface area contributed by atoms with Crippen molar-refractivity contribution in [2.24, 2.45) is 5.73 Å². The summed E-state index contributed by atoms with van der Waals surface area (Å²) in [5.74, 6) is -2.87. The molecule has 0 amide bonds. The topological polar surface area (TPSA) is 66.5 Å². The average molecular weight is 268 g/mol. The smallest absolute Gasteiger partial charge is 0.167 e. The van der Waals surface area contributed by atoms with Crippen molar-refractivity contribution in [1.29, 1.82) is 0 Å². The van der Waals surface area contributed by atoms with Crippen LogP contribution in [0.25, 0.3) is 0 Å². The molecule has 1 rings (SSSR count). The summed E-state index contributed by atoms with van der Waals surface area (Å²) in [4.78, 5) is 0. The van der Waals surface area contributed by atoms with E-state index in [4.69, 9.17) is 10.8 Å². The summed E-state index contributed by atoms with van der Waals surface area (Å²) < 4.78 is 26.0. The molecule has 0 unspecified atom stereocenters. The number of aliphatic hydroxyl groups excluding tert-OH is 1. The van der Waals surface area contributed by atoms with E-state index in [2.05, 4.69) is 15.9 Å². The number of halogens is 3. The predicted molar refractivity (Wildman–Crippen MR) is 49.7 cm³/mol. The summed E-state index contributed by atoms with van der Waals surface area (Å²) in [5, 5.41) is 18.0. The fourth-order valence-corrected chi connectivity index (χ4v) is 1.45. The summed E-state index contributed by atoms with van der Waals surface area (Å²) in [6, 6.07) is -0.361. The fourth-order valence-electron chi connectivity index (χ4n) is 1.03. The third-order valence-corrected chi connectivity index (χ3v) is 2.35. The summed E-state index contributed by atoms with van der Waals surface area (Å²) in [7, 11) is 0. The van der Waals surface area contributed by atoms with Crippen molar-refractivity contribution >= 4 is 15.9 Å². The summed E-state index contributed by atoms with van der Waals surface area (Å²) in [6.45, 7) is -0.583. The molecule has 0 aliphatic carbocycles. The standard InChI is InChI=1S/C8H8BrF2NO2/c9-3-1-4(10)7(11)6(8(3)14)5(12)2-13/h1,5,13-14H,2,12H2/t5-/m0/s1. The van der Waals surface area contributed by atoms with Gasteiger partial charge in [-0.2, -0.15) is 0 Å². The van der Waals surface area contributed by atoms with E-state index in [0.717, 1.165) is 6.07 Å². The normalized spacial score (nSPS) is 12.9. The number of phenols is 1. The summed E-state index contributed by atoms with van der Waals surface area (Å²) >= 11 is 2.83. The molecular weight excluding hydrogens is 260 g/mol. The van der Waals surface area contributed by atoms with E-state index in [1.165, 1.54) is 0 Å². The van der Waals surface area contributed by atoms with Crippen LogP contribution in [0.5, 0.6) is 5.75 Å². The highest BCUT2D eigenvalue weighted by Crippen LogP contribution is 2.34. The molecule has 4 N–H and O–H groups in total. The van der Waals surface area contributed by atoms with Crippen LogP contribution in [0, 0.1) is 11.6 Å². The van der Waals surface area contributed by atoms with Gasteiger partial charge in [-0.25, -0.2) is 8.78 Å². The molecule has 78 valence electrons. The maximum absolute atomic E-state index is 13.1. The van der Waals surface area contributed by atoms with Crippen LogP contribution in [0.1, 0.15) is 11.6 Å². The third kappa shape index (κ3) is 1.87. The lowest BCUT2D eigenvalue weighted by Gasteiger charge is -2.13. The molecule has 0 spiro atoms. The number of phenolic OH excluding ortho intramolecular Hbond substituents is 1. The fraction of sp³-hybridized carbons (Fsp3) is 0.250. The van der Waals surface area contributed by atoms with Gasteiger partial charge in [-0.3, -0.25) is 0 Å². The Balaban J connectivity index is 3.39. The van der Waals surface area contributed by atoms with E-state index in [0.29, 0.717) is 0 Å². The van der Waals surface area contributed by atoms with Crippen molar-refractivity contribution in [2.75, 3.05) is 6.61 Å². The van der Waals surface area contributed by atoms with Gasteiger partial charge in [0.2, 0.25) is 0 Å². The zero-order valence-electron chi connectivity index (χ0n) is 6.97. The quantitative estimate of drug-likeness (QED) is 0.711. The van der Waals surface area contributed by atoms with Gasteiger partial charge in [-0.05, 0) is 22.0 Å². The number of nitrogens with two attached hydrogens (primary N) is 1. The molecule has 0 aliphatic heterocycles. The van der Waals surface area contributed by atoms with Crippen molar-refractivity contribution in [3.63, 3.8) is 0 Å². The second-order valence-corrected chi connectivity index (χ2v) is 3.56. The minimum Gasteiger partial charge on any atom is -0.506 e. The van der Waals surface area contributed by atoms with E-state index in [1.807, 2.05) is 0 Å². The van der Waals surface area contributed by atoms with Gasteiger partial charge in [0.05, 0.1) is 22.7 Å². The van der Waals surface area contributed by atoms with E-state index in [1.54, 1.807) is 0 Å². The highest BCUT2D eigenvalue weighted by atomic mass is 79.9. The van der Waals surface area contributed by atoms with Crippen LogP contribution in [0.4, 0.5) is 8.78 Å². The molecule has 1 aromatic carbocycles. The molecule has 0 fully saturated rings. The van der Waals surface area contributed by atoms with Crippen LogP contribution < -0.4 is 5.73 Å². The molecule has 0 saturated carbocycles. The van der Waals surface area contributed by atoms with Gasteiger partial charge in [0.25, 0.3) is 0 Å². The van der Waals surface area contributed by atoms with Crippen LogP contribution in [0.2, 0.25) is 0 Å². The molecule has 0 aliphatic rings. The predicted octanol–water partition coefficient (Wildman–Crippen LogP) is 1.42. The van der Waals surface area contributed by atoms with Gasteiger partial charge < -0.3 is 15.9 Å². The molecule has 1 atom stereocenters. The van der Waals surface area contributed by atoms with Crippen LogP contribution in [-0.2, 0) is 0 Å². The number of aromatic hydroxyl groups is 1. The van der Waals surface area contributed by atoms with E-state index < -0.39 is 35.6 Å². The largest absolute Gasteiger partial charge is 0.506 e. The second kappa shape index (κ2) is 4.20. The van der Waals surface area contributed by atoms with Crippen LogP contribution in [0.3, 0.4) is 0 Å². The summed E-state index contributed by atoms with van der Waals surface area (Å²) in [6.07, 6.45) is 0. The Morgan fingerprint density at radius 1 is 1.50 bits per heavy atom. The molecule has 0 bridgehead atoms. The Bertz CT molecular complexity index is 333. The Morgan fingerprint density at radius 2 is 2.07 bits per heavy atom. The van der Waals surface area contributed by atoms with Gasteiger partial charge in [-0.1, -0.05) is 0 Å². The molecule has 0 heterocycles. The monoisotopic (exact) mass is 267 g/mol. The van der Waals surface area contributed by atoms with E-state index in [9.17, 15) is 13.9 Å². The maximum atomic E-state index is 13.1. The Kier molecular flexibility index (Phi) is 3.41. The number of hydrogen-bond donors (Lipinski definition) is 3. The third-order valence-electron chi connectivity index (χ3n) is 1.75. The van der Waals surface area contributed by atoms with Crippen LogP contribution in [0.15, 0.2) is 10.5 Å². The SMILES string of the molecule is N[C@@H](CO)c1c(O)c(Br)cc(F)c1F. The van der Waals surface area contributed by atoms with Crippen molar-refractivity contribution in [1.82, 2.24) is 0 Å². The number of rotatable bonds is 2. The molecule has 6 heteroatoms. The first kappa shape index (κ1) is 11.4. The average Bonchev–Trinajstić information content (AvgIpc) is 2.15. The maximum Gasteiger partial charge on any atom is 0.167 e. The lowest BCUT2D eigenvalue weighted by Crippen LogP contribution is -2.17. The van der Waals surface area contributed by atoms with Gasteiger partial charge in [0.15, 0.2) is 11.6 Å². The second-order valence-electron chi connectivity index (χ2n) is 2.71. The van der Waals surface area contributed by atoms with Crippen molar-refractivity contribution in [3.05, 3.63) is 27.7 Å². The number of benzene rings is 1. The highest BCUT2D eigenvalue weighted by Gasteiger charge is 2.21. The Labute approximate surface area is 87.3 Å². The number of aliphatic hydroxyl groups is 1. The minimum atomic E-state index is -1.24. The molecule has 3 nitrogen and oxygen atoms in total. The number of hydrogen-bond acceptors (Lipinski definition) is 3. The molecule has 0 saturated heterocycles. The molecule has 1 aromatic rings. The van der Waals surface area contributed by atoms with Crippen molar-refractivity contribution < 1.29 is 19.0 Å². The highest BCUT2D eigenvalue weighted by molar-refractivity contribution is 9.10. The van der Waals surface area contributed by atoms with E-state index >= 15 is 0 Å².